The predicted molar refractivity (Wildman–Crippen MR) is 146 cm³/mol. The number of halogens is 2. The van der Waals surface area contributed by atoms with Gasteiger partial charge in [-0.05, 0) is 47.7 Å². The van der Waals surface area contributed by atoms with Gasteiger partial charge in [0.15, 0.2) is 0 Å². The number of nitrogens with one attached hydrogen (secondary N) is 1. The van der Waals surface area contributed by atoms with E-state index in [0.717, 1.165) is 42.4 Å². The number of carbonyl (C=O) groups is 2. The molecule has 3 aromatic rings. The normalized spacial score (nSPS) is 14.7. The molecule has 4 rings (SSSR count). The van der Waals surface area contributed by atoms with Crippen LogP contribution in [-0.2, 0) is 29.0 Å². The van der Waals surface area contributed by atoms with Gasteiger partial charge in [-0.2, -0.15) is 0 Å². The second kappa shape index (κ2) is 12.9. The number of amides is 2. The maximum atomic E-state index is 13.8. The zero-order valence-electron chi connectivity index (χ0n) is 20.3. The number of hydrogen-bond donors (Lipinski definition) is 1. The third kappa shape index (κ3) is 7.35. The molecular weight excluding hydrogens is 491 g/mol. The van der Waals surface area contributed by atoms with Crippen LogP contribution in [0, 0.1) is 0 Å². The molecule has 4 nitrogen and oxygen atoms in total. The molecule has 6 heteroatoms. The third-order valence-electron chi connectivity index (χ3n) is 6.77. The van der Waals surface area contributed by atoms with Gasteiger partial charge in [-0.3, -0.25) is 9.59 Å². The van der Waals surface area contributed by atoms with Crippen LogP contribution in [0.3, 0.4) is 0 Å². The molecule has 188 valence electrons. The molecule has 0 spiro atoms. The Morgan fingerprint density at radius 3 is 2.28 bits per heavy atom. The van der Waals surface area contributed by atoms with Gasteiger partial charge in [-0.25, -0.2) is 0 Å². The van der Waals surface area contributed by atoms with Gasteiger partial charge in [-0.1, -0.05) is 103 Å². The zero-order chi connectivity index (χ0) is 25.3. The standard InChI is InChI=1S/C30H32Cl2N2O2/c31-25-14-9-12-23(18-25)20-29(35)34(21-24-13-7-8-17-27(24)32)28(19-22-10-3-1-4-11-22)30(36)33-26-15-5-2-6-16-26/h1,3-4,7-14,17-18,26,28H,2,5-6,15-16,19-21H2,(H,33,36)/t28-/m1/s1. The van der Waals surface area contributed by atoms with E-state index in [-0.39, 0.29) is 30.8 Å². The summed E-state index contributed by atoms with van der Waals surface area (Å²) in [6, 6.07) is 24.1. The molecule has 1 saturated carbocycles. The van der Waals surface area contributed by atoms with Crippen molar-refractivity contribution in [2.24, 2.45) is 0 Å². The van der Waals surface area contributed by atoms with Gasteiger partial charge >= 0.3 is 0 Å². The van der Waals surface area contributed by atoms with E-state index in [1.165, 1.54) is 6.42 Å². The van der Waals surface area contributed by atoms with E-state index in [9.17, 15) is 9.59 Å². The van der Waals surface area contributed by atoms with Crippen LogP contribution >= 0.6 is 23.2 Å². The van der Waals surface area contributed by atoms with Gasteiger partial charge in [0.2, 0.25) is 11.8 Å². The fourth-order valence-corrected chi connectivity index (χ4v) is 5.24. The van der Waals surface area contributed by atoms with Crippen LogP contribution < -0.4 is 5.32 Å². The lowest BCUT2D eigenvalue weighted by molar-refractivity contribution is -0.141. The lowest BCUT2D eigenvalue weighted by atomic mass is 9.94. The van der Waals surface area contributed by atoms with E-state index in [1.54, 1.807) is 17.0 Å². The third-order valence-corrected chi connectivity index (χ3v) is 7.37. The summed E-state index contributed by atoms with van der Waals surface area (Å²) in [5.41, 5.74) is 2.62. The summed E-state index contributed by atoms with van der Waals surface area (Å²) >= 11 is 12.7. The second-order valence-electron chi connectivity index (χ2n) is 9.47. The van der Waals surface area contributed by atoms with E-state index >= 15 is 0 Å². The molecule has 1 aliphatic carbocycles. The van der Waals surface area contributed by atoms with Crippen molar-refractivity contribution < 1.29 is 9.59 Å². The Bertz CT molecular complexity index is 1160. The first-order chi connectivity index (χ1) is 17.5. The van der Waals surface area contributed by atoms with E-state index in [2.05, 4.69) is 5.32 Å². The highest BCUT2D eigenvalue weighted by Gasteiger charge is 2.32. The van der Waals surface area contributed by atoms with Crippen LogP contribution in [0.4, 0.5) is 0 Å². The molecule has 1 fully saturated rings. The molecule has 0 bridgehead atoms. The Kier molecular flexibility index (Phi) is 9.43. The van der Waals surface area contributed by atoms with Crippen LogP contribution in [0.15, 0.2) is 78.9 Å². The van der Waals surface area contributed by atoms with Crippen molar-refractivity contribution in [3.63, 3.8) is 0 Å². The largest absolute Gasteiger partial charge is 0.352 e. The van der Waals surface area contributed by atoms with Gasteiger partial charge in [0.05, 0.1) is 6.42 Å². The minimum Gasteiger partial charge on any atom is -0.352 e. The molecule has 2 amide bonds. The lowest BCUT2D eigenvalue weighted by Crippen LogP contribution is -2.53. The quantitative estimate of drug-likeness (QED) is 0.343. The fraction of sp³-hybridized carbons (Fsp3) is 0.333. The van der Waals surface area contributed by atoms with Crippen molar-refractivity contribution in [1.29, 1.82) is 0 Å². The van der Waals surface area contributed by atoms with Crippen molar-refractivity contribution in [3.8, 4) is 0 Å². The van der Waals surface area contributed by atoms with Crippen molar-refractivity contribution >= 4 is 35.0 Å². The number of nitrogens with zero attached hydrogens (tertiary/aromatic N) is 1. The molecular formula is C30H32Cl2N2O2. The maximum absolute atomic E-state index is 13.8. The SMILES string of the molecule is O=C(NC1CCCCC1)[C@@H](Cc1ccccc1)N(Cc1ccccc1Cl)C(=O)Cc1cccc(Cl)c1. The summed E-state index contributed by atoms with van der Waals surface area (Å²) in [4.78, 5) is 29.3. The van der Waals surface area contributed by atoms with Gasteiger partial charge in [0.25, 0.3) is 0 Å². The van der Waals surface area contributed by atoms with Gasteiger partial charge in [-0.15, -0.1) is 0 Å². The molecule has 0 aliphatic heterocycles. The predicted octanol–water partition coefficient (Wildman–Crippen LogP) is 6.62. The minimum atomic E-state index is -0.669. The average Bonchev–Trinajstić information content (AvgIpc) is 2.88. The highest BCUT2D eigenvalue weighted by atomic mass is 35.5. The topological polar surface area (TPSA) is 49.4 Å². The number of hydrogen-bond acceptors (Lipinski definition) is 2. The number of rotatable bonds is 9. The van der Waals surface area contributed by atoms with Crippen molar-refractivity contribution in [3.05, 3.63) is 106 Å². The summed E-state index contributed by atoms with van der Waals surface area (Å²) in [5, 5.41) is 4.41. The Balaban J connectivity index is 1.66. The molecule has 1 atom stereocenters. The minimum absolute atomic E-state index is 0.114. The average molecular weight is 524 g/mol. The number of benzene rings is 3. The molecule has 0 radical (unpaired) electrons. The smallest absolute Gasteiger partial charge is 0.243 e. The van der Waals surface area contributed by atoms with Crippen LogP contribution in [0.2, 0.25) is 10.0 Å². The molecule has 0 aromatic heterocycles. The van der Waals surface area contributed by atoms with E-state index in [1.807, 2.05) is 66.7 Å². The van der Waals surface area contributed by atoms with Crippen molar-refractivity contribution in [2.45, 2.75) is 63.6 Å². The molecule has 0 unspecified atom stereocenters. The van der Waals surface area contributed by atoms with Crippen LogP contribution in [0.1, 0.15) is 48.8 Å². The fourth-order valence-electron chi connectivity index (χ4n) is 4.83. The molecule has 0 heterocycles. The van der Waals surface area contributed by atoms with Crippen molar-refractivity contribution in [1.82, 2.24) is 10.2 Å². The lowest BCUT2D eigenvalue weighted by Gasteiger charge is -2.33. The first-order valence-corrected chi connectivity index (χ1v) is 13.4. The zero-order valence-corrected chi connectivity index (χ0v) is 21.8. The monoisotopic (exact) mass is 522 g/mol. The molecule has 1 N–H and O–H groups in total. The molecule has 36 heavy (non-hydrogen) atoms. The van der Waals surface area contributed by atoms with Crippen LogP contribution in [-0.4, -0.2) is 28.8 Å². The van der Waals surface area contributed by atoms with Gasteiger partial charge < -0.3 is 10.2 Å². The summed E-state index contributed by atoms with van der Waals surface area (Å²) in [7, 11) is 0. The Morgan fingerprint density at radius 2 is 1.56 bits per heavy atom. The highest BCUT2D eigenvalue weighted by Crippen LogP contribution is 2.23. The van der Waals surface area contributed by atoms with E-state index in [0.29, 0.717) is 16.5 Å². The summed E-state index contributed by atoms with van der Waals surface area (Å²) in [5.74, 6) is -0.255. The van der Waals surface area contributed by atoms with E-state index in [4.69, 9.17) is 23.2 Å². The first kappa shape index (κ1) is 26.2. The number of carbonyl (C=O) groups excluding carboxylic acids is 2. The summed E-state index contributed by atoms with van der Waals surface area (Å²) < 4.78 is 0. The molecule has 1 aliphatic rings. The summed E-state index contributed by atoms with van der Waals surface area (Å²) in [6.45, 7) is 0.245. The van der Waals surface area contributed by atoms with Crippen LogP contribution in [0.5, 0.6) is 0 Å². The molecule has 3 aromatic carbocycles. The molecule has 0 saturated heterocycles. The summed E-state index contributed by atoms with van der Waals surface area (Å²) in [6.07, 6.45) is 5.96. The van der Waals surface area contributed by atoms with Gasteiger partial charge in [0, 0.05) is 29.1 Å². The van der Waals surface area contributed by atoms with E-state index < -0.39 is 6.04 Å². The Morgan fingerprint density at radius 1 is 0.861 bits per heavy atom. The Hall–Kier alpha value is -2.82. The van der Waals surface area contributed by atoms with Gasteiger partial charge in [0.1, 0.15) is 6.04 Å². The second-order valence-corrected chi connectivity index (χ2v) is 10.3. The Labute approximate surface area is 223 Å². The maximum Gasteiger partial charge on any atom is 0.243 e. The highest BCUT2D eigenvalue weighted by molar-refractivity contribution is 6.31. The van der Waals surface area contributed by atoms with Crippen molar-refractivity contribution in [2.75, 3.05) is 0 Å². The first-order valence-electron chi connectivity index (χ1n) is 12.6. The van der Waals surface area contributed by atoms with Crippen LogP contribution in [0.25, 0.3) is 0 Å².